The van der Waals surface area contributed by atoms with Crippen molar-refractivity contribution in [3.8, 4) is 10.6 Å². The molecule has 1 aromatic heterocycles. The van der Waals surface area contributed by atoms with Crippen LogP contribution in [0, 0.1) is 5.92 Å². The number of hydrogen-bond donors (Lipinski definition) is 2. The van der Waals surface area contributed by atoms with Crippen LogP contribution in [0.3, 0.4) is 0 Å². The Morgan fingerprint density at radius 2 is 2.25 bits per heavy atom. The van der Waals surface area contributed by atoms with Crippen LogP contribution in [-0.2, 0) is 4.79 Å². The Morgan fingerprint density at radius 1 is 1.45 bits per heavy atom. The lowest BCUT2D eigenvalue weighted by Crippen LogP contribution is -2.28. The lowest BCUT2D eigenvalue weighted by Gasteiger charge is -2.08. The molecule has 5 nitrogen and oxygen atoms in total. The van der Waals surface area contributed by atoms with Gasteiger partial charge in [-0.1, -0.05) is 42.0 Å². The summed E-state index contributed by atoms with van der Waals surface area (Å²) in [5, 5.41) is 15.6. The van der Waals surface area contributed by atoms with Crippen LogP contribution in [0.5, 0.6) is 0 Å². The maximum Gasteiger partial charge on any atom is 0.230 e. The minimum absolute atomic E-state index is 0.0758. The van der Waals surface area contributed by atoms with E-state index in [2.05, 4.69) is 20.8 Å². The Bertz CT molecular complexity index is 602. The third-order valence-electron chi connectivity index (χ3n) is 2.68. The van der Waals surface area contributed by atoms with Gasteiger partial charge in [-0.15, -0.1) is 10.2 Å². The number of carbonyl (C=O) groups excluding carboxylic acids is 1. The van der Waals surface area contributed by atoms with Gasteiger partial charge in [0.15, 0.2) is 0 Å². The first kappa shape index (κ1) is 14.9. The fraction of sp³-hybridized carbons (Fsp3) is 0.308. The van der Waals surface area contributed by atoms with Crippen LogP contribution in [0.25, 0.3) is 10.6 Å². The lowest BCUT2D eigenvalue weighted by molar-refractivity contribution is -0.119. The quantitative estimate of drug-likeness (QED) is 0.891. The van der Waals surface area contributed by atoms with Crippen molar-refractivity contribution in [2.75, 3.05) is 18.9 Å². The first-order valence-electron chi connectivity index (χ1n) is 6.15. The molecule has 2 aromatic rings. The van der Waals surface area contributed by atoms with Crippen molar-refractivity contribution >= 4 is 34.0 Å². The largest absolute Gasteiger partial charge is 0.319 e. The molecule has 1 atom stereocenters. The minimum Gasteiger partial charge on any atom is -0.319 e. The summed E-state index contributed by atoms with van der Waals surface area (Å²) in [5.41, 5.74) is 0.888. The molecule has 7 heteroatoms. The number of hydrogen-bond acceptors (Lipinski definition) is 5. The monoisotopic (exact) mass is 310 g/mol. The Hall–Kier alpha value is -1.50. The smallest absolute Gasteiger partial charge is 0.230 e. The van der Waals surface area contributed by atoms with E-state index in [0.29, 0.717) is 16.7 Å². The Labute approximate surface area is 126 Å². The van der Waals surface area contributed by atoms with Crippen LogP contribution in [0.1, 0.15) is 6.92 Å². The number of carbonyl (C=O) groups is 1. The molecule has 0 aliphatic carbocycles. The standard InChI is InChI=1S/C13H15ClN4OS/c1-8(7-15-2)11(19)16-13-18-17-12(20-13)9-4-3-5-10(14)6-9/h3-6,8,15H,7H2,1-2H3,(H,16,18,19). The van der Waals surface area contributed by atoms with E-state index < -0.39 is 0 Å². The number of amides is 1. The average Bonchev–Trinajstić information content (AvgIpc) is 2.87. The molecule has 1 heterocycles. The van der Waals surface area contributed by atoms with E-state index >= 15 is 0 Å². The molecule has 0 saturated heterocycles. The second-order valence-corrected chi connectivity index (χ2v) is 5.78. The summed E-state index contributed by atoms with van der Waals surface area (Å²) in [5.74, 6) is -0.202. The minimum atomic E-state index is -0.126. The van der Waals surface area contributed by atoms with Gasteiger partial charge in [0.25, 0.3) is 0 Å². The highest BCUT2D eigenvalue weighted by Crippen LogP contribution is 2.28. The Kier molecular flexibility index (Phi) is 5.05. The van der Waals surface area contributed by atoms with Gasteiger partial charge < -0.3 is 10.6 Å². The molecule has 1 aromatic carbocycles. The number of rotatable bonds is 5. The molecule has 0 saturated carbocycles. The molecule has 1 amide bonds. The first-order chi connectivity index (χ1) is 9.60. The second-order valence-electron chi connectivity index (χ2n) is 4.37. The topological polar surface area (TPSA) is 66.9 Å². The summed E-state index contributed by atoms with van der Waals surface area (Å²) in [4.78, 5) is 11.9. The van der Waals surface area contributed by atoms with Gasteiger partial charge in [-0.3, -0.25) is 4.79 Å². The van der Waals surface area contributed by atoms with E-state index in [1.54, 1.807) is 6.07 Å². The maximum absolute atomic E-state index is 11.9. The summed E-state index contributed by atoms with van der Waals surface area (Å²) in [7, 11) is 1.81. The molecule has 0 aliphatic heterocycles. The highest BCUT2D eigenvalue weighted by molar-refractivity contribution is 7.18. The van der Waals surface area contributed by atoms with E-state index in [0.717, 1.165) is 10.6 Å². The predicted molar refractivity (Wildman–Crippen MR) is 82.1 cm³/mol. The van der Waals surface area contributed by atoms with Gasteiger partial charge >= 0.3 is 0 Å². The van der Waals surface area contributed by atoms with Gasteiger partial charge in [0.1, 0.15) is 5.01 Å². The second kappa shape index (κ2) is 6.78. The summed E-state index contributed by atoms with van der Waals surface area (Å²) >= 11 is 7.27. The van der Waals surface area contributed by atoms with Crippen LogP contribution in [0.15, 0.2) is 24.3 Å². The molecule has 106 valence electrons. The number of nitrogens with zero attached hydrogens (tertiary/aromatic N) is 2. The van der Waals surface area contributed by atoms with Crippen LogP contribution in [0.4, 0.5) is 5.13 Å². The molecular formula is C13H15ClN4OS. The fourth-order valence-corrected chi connectivity index (χ4v) is 2.57. The third kappa shape index (κ3) is 3.75. The van der Waals surface area contributed by atoms with Crippen molar-refractivity contribution in [2.24, 2.45) is 5.92 Å². The van der Waals surface area contributed by atoms with Gasteiger partial charge in [-0.2, -0.15) is 0 Å². The first-order valence-corrected chi connectivity index (χ1v) is 7.34. The van der Waals surface area contributed by atoms with Crippen molar-refractivity contribution in [1.82, 2.24) is 15.5 Å². The fourth-order valence-electron chi connectivity index (χ4n) is 1.64. The average molecular weight is 311 g/mol. The zero-order valence-corrected chi connectivity index (χ0v) is 12.8. The van der Waals surface area contributed by atoms with E-state index in [1.807, 2.05) is 32.2 Å². The van der Waals surface area contributed by atoms with E-state index in [1.165, 1.54) is 11.3 Å². The number of aromatic nitrogens is 2. The van der Waals surface area contributed by atoms with Crippen LogP contribution in [0.2, 0.25) is 5.02 Å². The summed E-state index contributed by atoms with van der Waals surface area (Å²) in [6.45, 7) is 2.47. The molecule has 0 aliphatic rings. The maximum atomic E-state index is 11.9. The van der Waals surface area contributed by atoms with Crippen molar-refractivity contribution in [1.29, 1.82) is 0 Å². The van der Waals surface area contributed by atoms with Crippen molar-refractivity contribution in [3.63, 3.8) is 0 Å². The Morgan fingerprint density at radius 3 is 2.95 bits per heavy atom. The number of nitrogens with one attached hydrogen (secondary N) is 2. The molecule has 0 spiro atoms. The molecule has 2 rings (SSSR count). The number of anilines is 1. The molecule has 20 heavy (non-hydrogen) atoms. The van der Waals surface area contributed by atoms with Crippen molar-refractivity contribution < 1.29 is 4.79 Å². The molecule has 2 N–H and O–H groups in total. The van der Waals surface area contributed by atoms with E-state index in [9.17, 15) is 4.79 Å². The van der Waals surface area contributed by atoms with E-state index in [-0.39, 0.29) is 11.8 Å². The van der Waals surface area contributed by atoms with Gasteiger partial charge in [0, 0.05) is 23.0 Å². The summed E-state index contributed by atoms with van der Waals surface area (Å²) in [6.07, 6.45) is 0. The number of benzene rings is 1. The van der Waals surface area contributed by atoms with Crippen LogP contribution >= 0.6 is 22.9 Å². The molecule has 0 bridgehead atoms. The predicted octanol–water partition coefficient (Wildman–Crippen LogP) is 2.65. The van der Waals surface area contributed by atoms with E-state index in [4.69, 9.17) is 11.6 Å². The van der Waals surface area contributed by atoms with Crippen LogP contribution in [-0.4, -0.2) is 29.7 Å². The SMILES string of the molecule is CNCC(C)C(=O)Nc1nnc(-c2cccc(Cl)c2)s1. The lowest BCUT2D eigenvalue weighted by atomic mass is 10.2. The molecule has 1 unspecified atom stereocenters. The van der Waals surface area contributed by atoms with Crippen molar-refractivity contribution in [2.45, 2.75) is 6.92 Å². The van der Waals surface area contributed by atoms with Crippen molar-refractivity contribution in [3.05, 3.63) is 29.3 Å². The third-order valence-corrected chi connectivity index (χ3v) is 3.81. The summed E-state index contributed by atoms with van der Waals surface area (Å²) in [6, 6.07) is 7.37. The molecular weight excluding hydrogens is 296 g/mol. The van der Waals surface area contributed by atoms with Gasteiger partial charge in [0.2, 0.25) is 11.0 Å². The van der Waals surface area contributed by atoms with Gasteiger partial charge in [-0.25, -0.2) is 0 Å². The highest BCUT2D eigenvalue weighted by Gasteiger charge is 2.15. The Balaban J connectivity index is 2.08. The van der Waals surface area contributed by atoms with Crippen LogP contribution < -0.4 is 10.6 Å². The molecule has 0 radical (unpaired) electrons. The van der Waals surface area contributed by atoms with Gasteiger partial charge in [-0.05, 0) is 19.2 Å². The zero-order chi connectivity index (χ0) is 14.5. The molecule has 0 fully saturated rings. The highest BCUT2D eigenvalue weighted by atomic mass is 35.5. The zero-order valence-electron chi connectivity index (χ0n) is 11.2. The number of halogens is 1. The van der Waals surface area contributed by atoms with Gasteiger partial charge in [0.05, 0.1) is 0 Å². The normalized spacial score (nSPS) is 12.2. The summed E-state index contributed by atoms with van der Waals surface area (Å²) < 4.78 is 0.